The fraction of sp³-hybridized carbons (Fsp3) is 0.143. The minimum Gasteiger partial charge on any atom is -0.508 e. The molecule has 9 heteroatoms. The second-order valence-corrected chi connectivity index (χ2v) is 6.36. The van der Waals surface area contributed by atoms with Crippen LogP contribution in [-0.2, 0) is 23.4 Å². The van der Waals surface area contributed by atoms with Crippen LogP contribution in [0.2, 0.25) is 0 Å². The van der Waals surface area contributed by atoms with Gasteiger partial charge in [-0.05, 0) is 53.1 Å². The predicted molar refractivity (Wildman–Crippen MR) is 115 cm³/mol. The van der Waals surface area contributed by atoms with E-state index < -0.39 is 5.09 Å². The third-order valence-corrected chi connectivity index (χ3v) is 4.05. The van der Waals surface area contributed by atoms with Crippen LogP contribution in [0.5, 0.6) is 17.2 Å². The van der Waals surface area contributed by atoms with Crippen molar-refractivity contribution in [3.8, 4) is 17.2 Å². The fourth-order valence-electron chi connectivity index (χ4n) is 2.07. The highest BCUT2D eigenvalue weighted by Crippen LogP contribution is 2.13. The van der Waals surface area contributed by atoms with Crippen molar-refractivity contribution < 1.29 is 30.4 Å². The second kappa shape index (κ2) is 13.8. The van der Waals surface area contributed by atoms with Gasteiger partial charge in [-0.15, -0.1) is 10.1 Å². The summed E-state index contributed by atoms with van der Waals surface area (Å²) in [5, 5.41) is 45.0. The first kappa shape index (κ1) is 24.7. The first-order valence-corrected chi connectivity index (χ1v) is 9.74. The van der Waals surface area contributed by atoms with Gasteiger partial charge in [0.05, 0.1) is 6.61 Å². The van der Waals surface area contributed by atoms with Crippen molar-refractivity contribution >= 4 is 15.9 Å². The SMILES string of the molecule is O=[N+]([O-])OCc1cccc(O)c1.OCc1cccc(O)c1.Oc1cccc(CBr)c1. The lowest BCUT2D eigenvalue weighted by molar-refractivity contribution is -0.763. The van der Waals surface area contributed by atoms with Gasteiger partial charge in [-0.25, -0.2) is 0 Å². The van der Waals surface area contributed by atoms with E-state index in [0.717, 1.165) is 16.5 Å². The van der Waals surface area contributed by atoms with Gasteiger partial charge in [0, 0.05) is 5.33 Å². The van der Waals surface area contributed by atoms with E-state index in [0.29, 0.717) is 11.3 Å². The minimum absolute atomic E-state index is 0.0194. The molecule has 3 aromatic carbocycles. The van der Waals surface area contributed by atoms with E-state index in [1.54, 1.807) is 42.5 Å². The number of halogens is 1. The second-order valence-electron chi connectivity index (χ2n) is 5.80. The molecular weight excluding hydrogens is 458 g/mol. The van der Waals surface area contributed by atoms with Crippen molar-refractivity contribution in [2.75, 3.05) is 0 Å². The molecule has 0 fully saturated rings. The largest absolute Gasteiger partial charge is 0.508 e. The Labute approximate surface area is 181 Å². The number of aromatic hydroxyl groups is 3. The molecule has 0 aliphatic rings. The highest BCUT2D eigenvalue weighted by atomic mass is 79.9. The molecule has 8 nitrogen and oxygen atoms in total. The van der Waals surface area contributed by atoms with Crippen LogP contribution >= 0.6 is 15.9 Å². The normalized spacial score (nSPS) is 9.40. The molecule has 0 saturated heterocycles. The van der Waals surface area contributed by atoms with E-state index in [-0.39, 0.29) is 24.7 Å². The number of benzene rings is 3. The van der Waals surface area contributed by atoms with E-state index in [1.165, 1.54) is 18.2 Å². The molecule has 0 heterocycles. The van der Waals surface area contributed by atoms with Crippen LogP contribution in [0.1, 0.15) is 16.7 Å². The molecular formula is C21H22BrNO7. The van der Waals surface area contributed by atoms with Crippen molar-refractivity contribution in [1.29, 1.82) is 0 Å². The Kier molecular flexibility index (Phi) is 11.4. The smallest absolute Gasteiger partial charge is 0.294 e. The van der Waals surface area contributed by atoms with E-state index in [2.05, 4.69) is 20.8 Å². The fourth-order valence-corrected chi connectivity index (χ4v) is 2.42. The van der Waals surface area contributed by atoms with E-state index in [4.69, 9.17) is 20.4 Å². The molecule has 160 valence electrons. The number of aliphatic hydroxyl groups excluding tert-OH is 1. The lowest BCUT2D eigenvalue weighted by Crippen LogP contribution is -1.99. The van der Waals surface area contributed by atoms with Crippen LogP contribution in [0, 0.1) is 10.1 Å². The average molecular weight is 480 g/mol. The molecule has 0 amide bonds. The summed E-state index contributed by atoms with van der Waals surface area (Å²) in [4.78, 5) is 13.9. The average Bonchev–Trinajstić information content (AvgIpc) is 2.73. The third-order valence-electron chi connectivity index (χ3n) is 3.41. The molecule has 0 saturated carbocycles. The van der Waals surface area contributed by atoms with Gasteiger partial charge >= 0.3 is 0 Å². The number of phenols is 3. The minimum atomic E-state index is -0.871. The van der Waals surface area contributed by atoms with Crippen LogP contribution in [-0.4, -0.2) is 25.5 Å². The first-order chi connectivity index (χ1) is 14.3. The van der Waals surface area contributed by atoms with Crippen molar-refractivity contribution in [2.45, 2.75) is 18.5 Å². The first-order valence-electron chi connectivity index (χ1n) is 8.62. The van der Waals surface area contributed by atoms with Crippen molar-refractivity contribution in [3.63, 3.8) is 0 Å². The van der Waals surface area contributed by atoms with Crippen molar-refractivity contribution in [3.05, 3.63) is 99.6 Å². The molecule has 0 unspecified atom stereocenters. The monoisotopic (exact) mass is 479 g/mol. The quantitative estimate of drug-likeness (QED) is 0.244. The Balaban J connectivity index is 0.000000229. The zero-order chi connectivity index (χ0) is 22.4. The Bertz CT molecular complexity index is 876. The highest BCUT2D eigenvalue weighted by Gasteiger charge is 1.97. The lowest BCUT2D eigenvalue weighted by atomic mass is 10.2. The Hall–Kier alpha value is -3.30. The number of phenolic OH excluding ortho intramolecular Hbond substituents is 3. The van der Waals surface area contributed by atoms with Gasteiger partial charge in [0.1, 0.15) is 23.9 Å². The summed E-state index contributed by atoms with van der Waals surface area (Å²) in [6.07, 6.45) is 0. The molecule has 0 aliphatic heterocycles. The van der Waals surface area contributed by atoms with Gasteiger partial charge in [-0.1, -0.05) is 52.3 Å². The van der Waals surface area contributed by atoms with Crippen LogP contribution in [0.15, 0.2) is 72.8 Å². The number of nitrogens with zero attached hydrogens (tertiary/aromatic N) is 1. The molecule has 0 spiro atoms. The molecule has 0 aliphatic carbocycles. The Morgan fingerprint density at radius 1 is 0.800 bits per heavy atom. The predicted octanol–water partition coefficient (Wildman–Crippen LogP) is 4.27. The summed E-state index contributed by atoms with van der Waals surface area (Å²) in [6.45, 7) is -0.157. The standard InChI is InChI=1S/C7H7BrO.C7H7NO4.C7H8O2/c8-5-6-2-1-3-7(9)4-6;9-7-3-1-2-6(4-7)5-12-8(10)11;8-5-6-2-1-3-7(9)4-6/h1-4,9H,5H2;1-4,9H,5H2;1-4,8-9H,5H2. The van der Waals surface area contributed by atoms with Crippen LogP contribution in [0.25, 0.3) is 0 Å². The Morgan fingerprint density at radius 3 is 1.60 bits per heavy atom. The summed E-state index contributed by atoms with van der Waals surface area (Å²) in [5.74, 6) is 0.591. The Morgan fingerprint density at radius 2 is 1.23 bits per heavy atom. The summed E-state index contributed by atoms with van der Waals surface area (Å²) in [6, 6.07) is 19.8. The zero-order valence-electron chi connectivity index (χ0n) is 15.9. The third kappa shape index (κ3) is 10.9. The molecule has 3 rings (SSSR count). The molecule has 0 bridgehead atoms. The van der Waals surface area contributed by atoms with E-state index in [1.807, 2.05) is 12.1 Å². The molecule has 4 N–H and O–H groups in total. The highest BCUT2D eigenvalue weighted by molar-refractivity contribution is 9.08. The van der Waals surface area contributed by atoms with Gasteiger partial charge in [0.15, 0.2) is 0 Å². The van der Waals surface area contributed by atoms with Crippen LogP contribution in [0.4, 0.5) is 0 Å². The van der Waals surface area contributed by atoms with Crippen LogP contribution in [0.3, 0.4) is 0 Å². The van der Waals surface area contributed by atoms with Gasteiger partial charge in [0.25, 0.3) is 5.09 Å². The maximum Gasteiger partial charge on any atom is 0.294 e. The van der Waals surface area contributed by atoms with Gasteiger partial charge in [0.2, 0.25) is 0 Å². The maximum atomic E-state index is 9.78. The number of rotatable bonds is 5. The molecule has 3 aromatic rings. The number of alkyl halides is 1. The molecule has 30 heavy (non-hydrogen) atoms. The summed E-state index contributed by atoms with van der Waals surface area (Å²) < 4.78 is 0. The topological polar surface area (TPSA) is 133 Å². The maximum absolute atomic E-state index is 9.78. The van der Waals surface area contributed by atoms with Crippen molar-refractivity contribution in [1.82, 2.24) is 0 Å². The number of aliphatic hydroxyl groups is 1. The summed E-state index contributed by atoms with van der Waals surface area (Å²) in [5.41, 5.74) is 2.39. The van der Waals surface area contributed by atoms with Gasteiger partial charge < -0.3 is 25.3 Å². The van der Waals surface area contributed by atoms with Gasteiger partial charge in [-0.2, -0.15) is 0 Å². The molecule has 0 radical (unpaired) electrons. The van der Waals surface area contributed by atoms with Crippen molar-refractivity contribution in [2.24, 2.45) is 0 Å². The lowest BCUT2D eigenvalue weighted by Gasteiger charge is -1.98. The van der Waals surface area contributed by atoms with E-state index >= 15 is 0 Å². The zero-order valence-corrected chi connectivity index (χ0v) is 17.5. The van der Waals surface area contributed by atoms with E-state index in [9.17, 15) is 10.1 Å². The van der Waals surface area contributed by atoms with Gasteiger partial charge in [-0.3, -0.25) is 0 Å². The number of hydrogen-bond acceptors (Lipinski definition) is 7. The number of hydrogen-bond donors (Lipinski definition) is 4. The van der Waals surface area contributed by atoms with Crippen LogP contribution < -0.4 is 0 Å². The summed E-state index contributed by atoms with van der Waals surface area (Å²) in [7, 11) is 0. The molecule has 0 atom stereocenters. The summed E-state index contributed by atoms with van der Waals surface area (Å²) >= 11 is 3.28. The molecule has 0 aromatic heterocycles.